The fraction of sp³-hybridized carbons (Fsp3) is 0.133. The highest BCUT2D eigenvalue weighted by molar-refractivity contribution is 6.32. The van der Waals surface area contributed by atoms with Gasteiger partial charge in [0.2, 0.25) is 11.8 Å². The number of hydrogen-bond acceptors (Lipinski definition) is 2. The van der Waals surface area contributed by atoms with Gasteiger partial charge in [0.1, 0.15) is 5.41 Å². The predicted molar refractivity (Wildman–Crippen MR) is 134 cm³/mol. The Labute approximate surface area is 203 Å². The molecule has 1 heterocycles. The van der Waals surface area contributed by atoms with Crippen molar-refractivity contribution >= 4 is 29.1 Å². The number of rotatable bonds is 4. The van der Waals surface area contributed by atoms with Gasteiger partial charge in [-0.05, 0) is 53.4 Å². The molecule has 0 spiro atoms. The molecule has 2 unspecified atom stereocenters. The quantitative estimate of drug-likeness (QED) is 0.344. The Kier molecular flexibility index (Phi) is 4.55. The smallest absolute Gasteiger partial charge is 0.246 e. The van der Waals surface area contributed by atoms with E-state index in [1.807, 2.05) is 104 Å². The minimum atomic E-state index is -1.05. The Morgan fingerprint density at radius 1 is 0.676 bits per heavy atom. The Bertz CT molecular complexity index is 1380. The topological polar surface area (TPSA) is 37.4 Å². The minimum absolute atomic E-state index is 0.168. The molecule has 1 saturated carbocycles. The lowest BCUT2D eigenvalue weighted by Crippen LogP contribution is -2.44. The van der Waals surface area contributed by atoms with Crippen molar-refractivity contribution in [2.75, 3.05) is 4.90 Å². The van der Waals surface area contributed by atoms with Crippen molar-refractivity contribution in [2.24, 2.45) is 5.92 Å². The van der Waals surface area contributed by atoms with Gasteiger partial charge >= 0.3 is 0 Å². The van der Waals surface area contributed by atoms with E-state index < -0.39 is 16.7 Å². The molecule has 6 rings (SSSR count). The zero-order chi connectivity index (χ0) is 23.5. The Hall–Kier alpha value is -3.69. The van der Waals surface area contributed by atoms with Crippen molar-refractivity contribution in [1.29, 1.82) is 0 Å². The summed E-state index contributed by atoms with van der Waals surface area (Å²) in [6.45, 7) is 1.96. The molecule has 2 atom stereocenters. The number of fused-ring (bicyclic) bond motifs is 1. The SMILES string of the molecule is Cc1cccc(N2C(=O)C3C(c4ccc(Cl)cc4)(C2=O)C3(c2ccccc2)c2ccccc2)c1. The predicted octanol–water partition coefficient (Wildman–Crippen LogP) is 6.08. The van der Waals surface area contributed by atoms with Gasteiger partial charge in [-0.3, -0.25) is 9.59 Å². The maximum absolute atomic E-state index is 14.5. The fourth-order valence-electron chi connectivity index (χ4n) is 6.14. The van der Waals surface area contributed by atoms with Crippen LogP contribution in [-0.4, -0.2) is 11.8 Å². The lowest BCUT2D eigenvalue weighted by Gasteiger charge is -2.31. The number of carbonyl (C=O) groups excluding carboxylic acids is 2. The minimum Gasteiger partial charge on any atom is -0.274 e. The third-order valence-electron chi connectivity index (χ3n) is 7.43. The number of nitrogens with zero attached hydrogens (tertiary/aromatic N) is 1. The summed E-state index contributed by atoms with van der Waals surface area (Å²) in [4.78, 5) is 30.1. The van der Waals surface area contributed by atoms with Gasteiger partial charge in [0, 0.05) is 5.02 Å². The van der Waals surface area contributed by atoms with E-state index in [4.69, 9.17) is 11.6 Å². The average molecular weight is 464 g/mol. The Balaban J connectivity index is 1.65. The first-order chi connectivity index (χ1) is 16.5. The summed E-state index contributed by atoms with van der Waals surface area (Å²) in [5.41, 5.74) is 2.50. The monoisotopic (exact) mass is 463 g/mol. The molecule has 166 valence electrons. The largest absolute Gasteiger partial charge is 0.274 e. The van der Waals surface area contributed by atoms with Crippen LogP contribution >= 0.6 is 11.6 Å². The molecule has 2 fully saturated rings. The number of amides is 2. The first-order valence-corrected chi connectivity index (χ1v) is 11.7. The molecule has 0 aromatic heterocycles. The van der Waals surface area contributed by atoms with Crippen LogP contribution in [0.25, 0.3) is 0 Å². The van der Waals surface area contributed by atoms with Crippen molar-refractivity contribution in [3.63, 3.8) is 0 Å². The molecule has 2 aliphatic rings. The highest BCUT2D eigenvalue weighted by atomic mass is 35.5. The summed E-state index contributed by atoms with van der Waals surface area (Å²) in [6, 6.07) is 34.9. The summed E-state index contributed by atoms with van der Waals surface area (Å²) >= 11 is 6.23. The van der Waals surface area contributed by atoms with Crippen LogP contribution in [0.4, 0.5) is 5.69 Å². The summed E-state index contributed by atoms with van der Waals surface area (Å²) in [5, 5.41) is 0.592. The summed E-state index contributed by atoms with van der Waals surface area (Å²) in [5.74, 6) is -0.916. The standard InChI is InChI=1S/C30H22ClNO2/c1-20-9-8-14-25(19-20)32-27(33)26-29(21-10-4-2-5-11-21,22-12-6-3-7-13-22)30(26,28(32)34)23-15-17-24(31)18-16-23/h2-19,26H,1H3. The van der Waals surface area contributed by atoms with E-state index in [0.717, 1.165) is 22.3 Å². The Morgan fingerprint density at radius 2 is 1.24 bits per heavy atom. The zero-order valence-corrected chi connectivity index (χ0v) is 19.4. The highest BCUT2D eigenvalue weighted by Gasteiger charge is 2.89. The maximum Gasteiger partial charge on any atom is 0.246 e. The summed E-state index contributed by atoms with van der Waals surface area (Å²) in [7, 11) is 0. The molecule has 0 bridgehead atoms. The number of piperidine rings is 1. The highest BCUT2D eigenvalue weighted by Crippen LogP contribution is 2.77. The van der Waals surface area contributed by atoms with Crippen LogP contribution in [0.1, 0.15) is 22.3 Å². The van der Waals surface area contributed by atoms with Gasteiger partial charge < -0.3 is 0 Å². The van der Waals surface area contributed by atoms with Crippen molar-refractivity contribution < 1.29 is 9.59 Å². The molecule has 0 N–H and O–H groups in total. The summed E-state index contributed by atoms with van der Waals surface area (Å²) < 4.78 is 0. The van der Waals surface area contributed by atoms with E-state index in [2.05, 4.69) is 0 Å². The molecule has 0 radical (unpaired) electrons. The van der Waals surface area contributed by atoms with E-state index in [9.17, 15) is 9.59 Å². The number of carbonyl (C=O) groups is 2. The molecular weight excluding hydrogens is 442 g/mol. The molecule has 1 aliphatic carbocycles. The van der Waals surface area contributed by atoms with Crippen LogP contribution in [0, 0.1) is 12.8 Å². The van der Waals surface area contributed by atoms with E-state index in [1.54, 1.807) is 12.1 Å². The van der Waals surface area contributed by atoms with Gasteiger partial charge in [-0.25, -0.2) is 4.90 Å². The first kappa shape index (κ1) is 20.9. The van der Waals surface area contributed by atoms with Crippen molar-refractivity contribution in [2.45, 2.75) is 17.8 Å². The van der Waals surface area contributed by atoms with Gasteiger partial charge in [-0.1, -0.05) is 96.5 Å². The van der Waals surface area contributed by atoms with Crippen LogP contribution in [0.5, 0.6) is 0 Å². The third kappa shape index (κ3) is 2.53. The lowest BCUT2D eigenvalue weighted by atomic mass is 9.76. The molecular formula is C30H22ClNO2. The average Bonchev–Trinajstić information content (AvgIpc) is 3.45. The maximum atomic E-state index is 14.5. The number of halogens is 1. The van der Waals surface area contributed by atoms with Crippen LogP contribution in [0.3, 0.4) is 0 Å². The molecule has 2 amide bonds. The second kappa shape index (κ2) is 7.41. The van der Waals surface area contributed by atoms with Gasteiger partial charge in [0.05, 0.1) is 17.0 Å². The molecule has 3 nitrogen and oxygen atoms in total. The summed E-state index contributed by atoms with van der Waals surface area (Å²) in [6.07, 6.45) is 0. The number of benzene rings is 4. The molecule has 34 heavy (non-hydrogen) atoms. The second-order valence-electron chi connectivity index (χ2n) is 9.11. The van der Waals surface area contributed by atoms with E-state index in [0.29, 0.717) is 10.7 Å². The van der Waals surface area contributed by atoms with Gasteiger partial charge in [0.25, 0.3) is 0 Å². The van der Waals surface area contributed by atoms with Gasteiger partial charge in [-0.2, -0.15) is 0 Å². The fourth-order valence-corrected chi connectivity index (χ4v) is 6.27. The number of anilines is 1. The van der Waals surface area contributed by atoms with E-state index >= 15 is 0 Å². The lowest BCUT2D eigenvalue weighted by molar-refractivity contribution is -0.124. The van der Waals surface area contributed by atoms with Crippen LogP contribution < -0.4 is 4.90 Å². The normalized spacial score (nSPS) is 22.5. The van der Waals surface area contributed by atoms with E-state index in [-0.39, 0.29) is 11.8 Å². The molecule has 1 saturated heterocycles. The van der Waals surface area contributed by atoms with Crippen LogP contribution in [0.15, 0.2) is 109 Å². The Morgan fingerprint density at radius 3 is 1.79 bits per heavy atom. The van der Waals surface area contributed by atoms with Crippen LogP contribution in [0.2, 0.25) is 5.02 Å². The molecule has 4 aromatic carbocycles. The second-order valence-corrected chi connectivity index (χ2v) is 9.54. The number of imide groups is 1. The van der Waals surface area contributed by atoms with Crippen molar-refractivity contribution in [1.82, 2.24) is 0 Å². The number of hydrogen-bond donors (Lipinski definition) is 0. The van der Waals surface area contributed by atoms with Gasteiger partial charge in [-0.15, -0.1) is 0 Å². The molecule has 4 heteroatoms. The van der Waals surface area contributed by atoms with E-state index in [1.165, 1.54) is 4.90 Å². The zero-order valence-electron chi connectivity index (χ0n) is 18.6. The van der Waals surface area contributed by atoms with Crippen molar-refractivity contribution in [3.05, 3.63) is 136 Å². The van der Waals surface area contributed by atoms with Crippen LogP contribution in [-0.2, 0) is 20.4 Å². The number of aryl methyl sites for hydroxylation is 1. The first-order valence-electron chi connectivity index (χ1n) is 11.3. The molecule has 4 aromatic rings. The van der Waals surface area contributed by atoms with Gasteiger partial charge in [0.15, 0.2) is 0 Å². The van der Waals surface area contributed by atoms with Crippen molar-refractivity contribution in [3.8, 4) is 0 Å². The molecule has 1 aliphatic heterocycles. The third-order valence-corrected chi connectivity index (χ3v) is 7.68.